The van der Waals surface area contributed by atoms with Crippen LogP contribution in [0.5, 0.6) is 0 Å². The number of carbonyl (C=O) groups excluding carboxylic acids is 4. The van der Waals surface area contributed by atoms with Gasteiger partial charge in [0.25, 0.3) is 0 Å². The first kappa shape index (κ1) is 97.5. The lowest BCUT2D eigenvalue weighted by Gasteiger charge is -2.21. The van der Waals surface area contributed by atoms with Crippen molar-refractivity contribution in [3.8, 4) is 0 Å². The number of hydrogen-bond acceptors (Lipinski definition) is 15. The fourth-order valence-corrected chi connectivity index (χ4v) is 11.9. The van der Waals surface area contributed by atoms with Crippen molar-refractivity contribution in [1.29, 1.82) is 0 Å². The zero-order valence-electron chi connectivity index (χ0n) is 64.0. The van der Waals surface area contributed by atoms with Crippen molar-refractivity contribution in [3.63, 3.8) is 0 Å². The Hall–Kier alpha value is -4.54. The molecule has 102 heavy (non-hydrogen) atoms. The monoisotopic (exact) mass is 1470 g/mol. The van der Waals surface area contributed by atoms with Crippen molar-refractivity contribution < 1.29 is 80.2 Å². The first-order valence-electron chi connectivity index (χ1n) is 39.8. The molecular formula is C83H142O17P2. The molecule has 0 amide bonds. The van der Waals surface area contributed by atoms with Crippen LogP contribution in [-0.2, 0) is 65.4 Å². The lowest BCUT2D eigenvalue weighted by molar-refractivity contribution is -0.161. The van der Waals surface area contributed by atoms with Crippen LogP contribution < -0.4 is 0 Å². The zero-order chi connectivity index (χ0) is 74.6. The third-order valence-electron chi connectivity index (χ3n) is 16.4. The smallest absolute Gasteiger partial charge is 0.462 e. The number of ether oxygens (including phenoxy) is 4. The molecule has 17 nitrogen and oxygen atoms in total. The average molecular weight is 1470 g/mol. The molecule has 0 heterocycles. The van der Waals surface area contributed by atoms with Gasteiger partial charge in [0, 0.05) is 25.7 Å². The molecule has 2 unspecified atom stereocenters. The van der Waals surface area contributed by atoms with Gasteiger partial charge in [-0.3, -0.25) is 37.3 Å². The van der Waals surface area contributed by atoms with Crippen LogP contribution in [0, 0.1) is 0 Å². The lowest BCUT2D eigenvalue weighted by Crippen LogP contribution is -2.30. The van der Waals surface area contributed by atoms with E-state index in [0.717, 1.165) is 122 Å². The van der Waals surface area contributed by atoms with Gasteiger partial charge in [-0.25, -0.2) is 9.13 Å². The summed E-state index contributed by atoms with van der Waals surface area (Å²) in [6.07, 6.45) is 81.9. The van der Waals surface area contributed by atoms with Gasteiger partial charge in [-0.05, 0) is 135 Å². The Morgan fingerprint density at radius 3 is 0.804 bits per heavy atom. The molecule has 0 aliphatic rings. The Morgan fingerprint density at radius 2 is 0.490 bits per heavy atom. The molecular weight excluding hydrogens is 1330 g/mol. The van der Waals surface area contributed by atoms with Crippen molar-refractivity contribution in [2.24, 2.45) is 0 Å². The standard InChI is InChI=1S/C83H142O17P2/c1-5-9-13-17-21-25-29-33-36-38-41-45-48-52-56-60-64-68-81(86)94-74-79(100-83(88)70-66-62-58-54-50-46-42-39-37-34-30-26-22-18-14-10-6-2)76-98-102(91,92)96-72-77(84)71-95-101(89,90)97-75-78(99-82(87)69-65-61-57-53-49-43-32-28-24-20-16-12-8-4)73-93-80(85)67-63-59-55-51-47-44-40-35-31-27-23-19-15-11-7-3/h21-23,25-27,33-37,40-42,45-46,52,54,56,58,77-79,84H,5-20,24,28-32,38-39,43-44,47-51,53,55,57,59-76H2,1-4H3,(H,89,90)(H,91,92)/b25-21-,26-22-,27-23-,36-33-,37-34-,40-35-,45-41-,46-42-,56-52-,58-54-/t77-,78-,79-/m1/s1. The molecule has 0 fully saturated rings. The number of hydrogen-bond donors (Lipinski definition) is 3. The van der Waals surface area contributed by atoms with Crippen LogP contribution in [0.2, 0.25) is 0 Å². The average Bonchev–Trinajstić information content (AvgIpc) is 0.959. The Kier molecular flexibility index (Phi) is 71.4. The summed E-state index contributed by atoms with van der Waals surface area (Å²) in [4.78, 5) is 72.9. The summed E-state index contributed by atoms with van der Waals surface area (Å²) in [5.41, 5.74) is 0. The quantitative estimate of drug-likeness (QED) is 0.0169. The van der Waals surface area contributed by atoms with Gasteiger partial charge in [-0.15, -0.1) is 0 Å². The summed E-state index contributed by atoms with van der Waals surface area (Å²) in [5.74, 6) is -2.31. The highest BCUT2D eigenvalue weighted by Gasteiger charge is 2.30. The Balaban J connectivity index is 5.46. The highest BCUT2D eigenvalue weighted by atomic mass is 31.2. The first-order valence-corrected chi connectivity index (χ1v) is 42.8. The van der Waals surface area contributed by atoms with Crippen LogP contribution in [-0.4, -0.2) is 96.7 Å². The number of carbonyl (C=O) groups is 4. The van der Waals surface area contributed by atoms with E-state index in [1.54, 1.807) is 0 Å². The van der Waals surface area contributed by atoms with Gasteiger partial charge in [0.2, 0.25) is 0 Å². The molecule has 0 aromatic rings. The maximum Gasteiger partial charge on any atom is 0.472 e. The van der Waals surface area contributed by atoms with E-state index < -0.39 is 97.5 Å². The van der Waals surface area contributed by atoms with E-state index in [4.69, 9.17) is 37.0 Å². The number of allylic oxidation sites excluding steroid dienone is 20. The van der Waals surface area contributed by atoms with Crippen LogP contribution >= 0.6 is 15.6 Å². The summed E-state index contributed by atoms with van der Waals surface area (Å²) in [6, 6.07) is 0. The third kappa shape index (κ3) is 73.8. The molecule has 586 valence electrons. The summed E-state index contributed by atoms with van der Waals surface area (Å²) < 4.78 is 68.4. The number of phosphoric ester groups is 2. The molecule has 0 bridgehead atoms. The topological polar surface area (TPSA) is 237 Å². The van der Waals surface area contributed by atoms with Gasteiger partial charge in [-0.2, -0.15) is 0 Å². The fourth-order valence-electron chi connectivity index (χ4n) is 10.3. The van der Waals surface area contributed by atoms with Gasteiger partial charge in [0.15, 0.2) is 12.2 Å². The SMILES string of the molecule is CCCCC/C=C\C/C=C\C/C=C\C/C=C\CCCC(=O)OC[C@H](COP(=O)(O)OC[C@H](O)COP(=O)(O)OC[C@@H](COC(=O)CCCCCCC/C=C\C/C=C\CCCCC)OC(=O)CCCCCCCCCCCCCCC)OC(=O)CCC/C=C\C/C=C\C/C=C\C/C=C\CCCCC. The molecule has 0 aromatic carbocycles. The second-order valence-electron chi connectivity index (χ2n) is 26.3. The normalized spacial score (nSPS) is 14.5. The van der Waals surface area contributed by atoms with Crippen LogP contribution in [0.25, 0.3) is 0 Å². The second kappa shape index (κ2) is 74.7. The molecule has 0 saturated carbocycles. The zero-order valence-corrected chi connectivity index (χ0v) is 65.8. The molecule has 0 rings (SSSR count). The third-order valence-corrected chi connectivity index (χ3v) is 18.3. The van der Waals surface area contributed by atoms with Gasteiger partial charge in [-0.1, -0.05) is 284 Å². The van der Waals surface area contributed by atoms with E-state index in [1.807, 2.05) is 24.3 Å². The predicted octanol–water partition coefficient (Wildman–Crippen LogP) is 23.1. The molecule has 0 aliphatic carbocycles. The number of unbranched alkanes of at least 4 members (excludes halogenated alkanes) is 28. The second-order valence-corrected chi connectivity index (χ2v) is 29.2. The Morgan fingerprint density at radius 1 is 0.275 bits per heavy atom. The van der Waals surface area contributed by atoms with E-state index >= 15 is 0 Å². The van der Waals surface area contributed by atoms with Crippen LogP contribution in [0.4, 0.5) is 0 Å². The van der Waals surface area contributed by atoms with Crippen LogP contribution in [0.3, 0.4) is 0 Å². The van der Waals surface area contributed by atoms with Crippen molar-refractivity contribution in [2.45, 2.75) is 341 Å². The van der Waals surface area contributed by atoms with Gasteiger partial charge < -0.3 is 33.8 Å². The molecule has 3 N–H and O–H groups in total. The molecule has 0 spiro atoms. The minimum atomic E-state index is -5.00. The number of esters is 4. The summed E-state index contributed by atoms with van der Waals surface area (Å²) >= 11 is 0. The number of rotatable bonds is 74. The maximum atomic E-state index is 13.1. The van der Waals surface area contributed by atoms with Crippen molar-refractivity contribution in [3.05, 3.63) is 122 Å². The Bertz CT molecular complexity index is 2410. The summed E-state index contributed by atoms with van der Waals surface area (Å²) in [7, 11) is -9.99. The van der Waals surface area contributed by atoms with E-state index in [9.17, 15) is 43.2 Å². The predicted molar refractivity (Wildman–Crippen MR) is 418 cm³/mol. The number of aliphatic hydroxyl groups is 1. The molecule has 0 radical (unpaired) electrons. The van der Waals surface area contributed by atoms with Gasteiger partial charge >= 0.3 is 39.5 Å². The number of aliphatic hydroxyl groups excluding tert-OH is 1. The van der Waals surface area contributed by atoms with E-state index in [-0.39, 0.29) is 25.7 Å². The molecule has 0 aromatic heterocycles. The minimum Gasteiger partial charge on any atom is -0.462 e. The summed E-state index contributed by atoms with van der Waals surface area (Å²) in [5, 5.41) is 10.6. The van der Waals surface area contributed by atoms with Crippen LogP contribution in [0.1, 0.15) is 323 Å². The lowest BCUT2D eigenvalue weighted by atomic mass is 10.0. The molecule has 5 atom stereocenters. The van der Waals surface area contributed by atoms with Crippen molar-refractivity contribution >= 4 is 39.5 Å². The van der Waals surface area contributed by atoms with E-state index in [2.05, 4.69) is 125 Å². The van der Waals surface area contributed by atoms with Gasteiger partial charge in [0.1, 0.15) is 19.3 Å². The molecule has 0 saturated heterocycles. The van der Waals surface area contributed by atoms with E-state index in [1.165, 1.54) is 109 Å². The van der Waals surface area contributed by atoms with E-state index in [0.29, 0.717) is 38.5 Å². The first-order chi connectivity index (χ1) is 49.7. The molecule has 19 heteroatoms. The minimum absolute atomic E-state index is 0.00540. The fraction of sp³-hybridized carbons (Fsp3) is 0.711. The van der Waals surface area contributed by atoms with Gasteiger partial charge in [0.05, 0.1) is 26.4 Å². The number of phosphoric acid groups is 2. The van der Waals surface area contributed by atoms with Crippen molar-refractivity contribution in [2.75, 3.05) is 39.6 Å². The molecule has 0 aliphatic heterocycles. The van der Waals surface area contributed by atoms with Crippen LogP contribution in [0.15, 0.2) is 122 Å². The highest BCUT2D eigenvalue weighted by molar-refractivity contribution is 7.47. The Labute approximate surface area is 619 Å². The highest BCUT2D eigenvalue weighted by Crippen LogP contribution is 2.45. The summed E-state index contributed by atoms with van der Waals surface area (Å²) in [6.45, 7) is 4.67. The largest absolute Gasteiger partial charge is 0.472 e. The maximum absolute atomic E-state index is 13.1. The van der Waals surface area contributed by atoms with Crippen molar-refractivity contribution in [1.82, 2.24) is 0 Å².